The van der Waals surface area contributed by atoms with Gasteiger partial charge in [-0.2, -0.15) is 5.10 Å². The molecule has 1 aromatic carbocycles. The van der Waals surface area contributed by atoms with Gasteiger partial charge in [-0.15, -0.1) is 0 Å². The Morgan fingerprint density at radius 2 is 1.96 bits per heavy atom. The van der Waals surface area contributed by atoms with Crippen LogP contribution in [-0.4, -0.2) is 53.5 Å². The van der Waals surface area contributed by atoms with E-state index in [9.17, 15) is 14.4 Å². The number of rotatable bonds is 2. The Labute approximate surface area is 133 Å². The maximum atomic E-state index is 12.8. The number of piperazine rings is 1. The van der Waals surface area contributed by atoms with Crippen LogP contribution in [0.2, 0.25) is 0 Å². The summed E-state index contributed by atoms with van der Waals surface area (Å²) in [4.78, 5) is 38.2. The van der Waals surface area contributed by atoms with Crippen molar-refractivity contribution in [2.75, 3.05) is 20.1 Å². The number of benzene rings is 1. The average Bonchev–Trinajstić information content (AvgIpc) is 2.57. The summed E-state index contributed by atoms with van der Waals surface area (Å²) in [5, 5.41) is 8.06. The van der Waals surface area contributed by atoms with Crippen LogP contribution in [0.15, 0.2) is 35.4 Å². The first-order chi connectivity index (χ1) is 11.1. The molecule has 0 aromatic heterocycles. The third-order valence-corrected chi connectivity index (χ3v) is 4.04. The fourth-order valence-corrected chi connectivity index (χ4v) is 2.84. The molecule has 3 rings (SSSR count). The van der Waals surface area contributed by atoms with Gasteiger partial charge in [0.1, 0.15) is 11.8 Å². The van der Waals surface area contributed by atoms with Crippen LogP contribution in [0.5, 0.6) is 0 Å². The summed E-state index contributed by atoms with van der Waals surface area (Å²) in [6.07, 6.45) is 0.568. The lowest BCUT2D eigenvalue weighted by atomic mass is 10.0. The largest absolute Gasteiger partial charge is 0.352 e. The molecular formula is C16H18N4O3. The normalized spacial score (nSPS) is 21.8. The Kier molecular flexibility index (Phi) is 4.10. The zero-order valence-corrected chi connectivity index (χ0v) is 12.9. The van der Waals surface area contributed by atoms with Crippen LogP contribution in [0.3, 0.4) is 0 Å². The lowest BCUT2D eigenvalue weighted by Gasteiger charge is -2.36. The molecular weight excluding hydrogens is 296 g/mol. The van der Waals surface area contributed by atoms with Gasteiger partial charge in [0.15, 0.2) is 0 Å². The molecule has 0 unspecified atom stereocenters. The van der Waals surface area contributed by atoms with E-state index in [-0.39, 0.29) is 24.1 Å². The zero-order valence-electron chi connectivity index (χ0n) is 12.9. The SMILES string of the molecule is CN1N=C(C(=O)N2CCNC(=O)[C@H]2c2ccccc2)CCC1=O. The van der Waals surface area contributed by atoms with E-state index in [4.69, 9.17) is 0 Å². The quantitative estimate of drug-likeness (QED) is 0.852. The van der Waals surface area contributed by atoms with Gasteiger partial charge < -0.3 is 10.2 Å². The Morgan fingerprint density at radius 1 is 1.22 bits per heavy atom. The number of hydrogen-bond acceptors (Lipinski definition) is 4. The summed E-state index contributed by atoms with van der Waals surface area (Å²) in [6.45, 7) is 0.830. The number of amides is 3. The highest BCUT2D eigenvalue weighted by atomic mass is 16.2. The molecule has 0 spiro atoms. The molecule has 7 nitrogen and oxygen atoms in total. The van der Waals surface area contributed by atoms with Gasteiger partial charge in [-0.3, -0.25) is 14.4 Å². The molecule has 0 aliphatic carbocycles. The number of hydrogen-bond donors (Lipinski definition) is 1. The number of carbonyl (C=O) groups excluding carboxylic acids is 3. The molecule has 2 heterocycles. The lowest BCUT2D eigenvalue weighted by Crippen LogP contribution is -2.54. The van der Waals surface area contributed by atoms with Crippen molar-refractivity contribution in [2.45, 2.75) is 18.9 Å². The second-order valence-corrected chi connectivity index (χ2v) is 5.57. The zero-order chi connectivity index (χ0) is 16.4. The van der Waals surface area contributed by atoms with Crippen molar-refractivity contribution in [2.24, 2.45) is 5.10 Å². The fourth-order valence-electron chi connectivity index (χ4n) is 2.84. The van der Waals surface area contributed by atoms with Crippen LogP contribution in [0, 0.1) is 0 Å². The Balaban J connectivity index is 1.90. The molecule has 2 aliphatic rings. The molecule has 23 heavy (non-hydrogen) atoms. The molecule has 120 valence electrons. The van der Waals surface area contributed by atoms with E-state index in [2.05, 4.69) is 10.4 Å². The number of hydrazone groups is 1. The highest BCUT2D eigenvalue weighted by Gasteiger charge is 2.37. The summed E-state index contributed by atoms with van der Waals surface area (Å²) in [5.41, 5.74) is 1.08. The van der Waals surface area contributed by atoms with Crippen LogP contribution >= 0.6 is 0 Å². The summed E-state index contributed by atoms with van der Waals surface area (Å²) in [6, 6.07) is 8.53. The molecule has 1 N–H and O–H groups in total. The van der Waals surface area contributed by atoms with E-state index >= 15 is 0 Å². The van der Waals surface area contributed by atoms with Gasteiger partial charge in [0.05, 0.1) is 0 Å². The van der Waals surface area contributed by atoms with E-state index in [1.165, 1.54) is 17.0 Å². The average molecular weight is 314 g/mol. The minimum atomic E-state index is -0.664. The Bertz CT molecular complexity index is 671. The van der Waals surface area contributed by atoms with Crippen molar-refractivity contribution in [1.29, 1.82) is 0 Å². The van der Waals surface area contributed by atoms with E-state index in [0.717, 1.165) is 5.56 Å². The van der Waals surface area contributed by atoms with Gasteiger partial charge in [0.25, 0.3) is 5.91 Å². The van der Waals surface area contributed by atoms with Crippen molar-refractivity contribution >= 4 is 23.4 Å². The van der Waals surface area contributed by atoms with Gasteiger partial charge in [0, 0.05) is 33.0 Å². The van der Waals surface area contributed by atoms with E-state index < -0.39 is 6.04 Å². The number of nitrogens with one attached hydrogen (secondary N) is 1. The van der Waals surface area contributed by atoms with Crippen molar-refractivity contribution < 1.29 is 14.4 Å². The predicted molar refractivity (Wildman–Crippen MR) is 83.3 cm³/mol. The van der Waals surface area contributed by atoms with Gasteiger partial charge in [-0.05, 0) is 5.56 Å². The molecule has 1 atom stereocenters. The molecule has 0 saturated carbocycles. The summed E-state index contributed by atoms with van der Waals surface area (Å²) in [7, 11) is 1.53. The van der Waals surface area contributed by atoms with Crippen LogP contribution < -0.4 is 5.32 Å². The van der Waals surface area contributed by atoms with E-state index in [1.54, 1.807) is 0 Å². The molecule has 0 radical (unpaired) electrons. The second kappa shape index (κ2) is 6.20. The van der Waals surface area contributed by atoms with Crippen molar-refractivity contribution in [1.82, 2.24) is 15.2 Å². The third-order valence-electron chi connectivity index (χ3n) is 4.04. The molecule has 1 fully saturated rings. The third kappa shape index (κ3) is 2.94. The van der Waals surface area contributed by atoms with Gasteiger partial charge in [-0.1, -0.05) is 30.3 Å². The molecule has 1 saturated heterocycles. The summed E-state index contributed by atoms with van der Waals surface area (Å²) < 4.78 is 0. The minimum Gasteiger partial charge on any atom is -0.352 e. The minimum absolute atomic E-state index is 0.113. The highest BCUT2D eigenvalue weighted by Crippen LogP contribution is 2.24. The number of nitrogens with zero attached hydrogens (tertiary/aromatic N) is 3. The molecule has 1 aromatic rings. The van der Waals surface area contributed by atoms with Crippen LogP contribution in [0.1, 0.15) is 24.4 Å². The first-order valence-corrected chi connectivity index (χ1v) is 7.55. The molecule has 2 aliphatic heterocycles. The Morgan fingerprint density at radius 3 is 2.65 bits per heavy atom. The van der Waals surface area contributed by atoms with Gasteiger partial charge in [-0.25, -0.2) is 5.01 Å². The van der Waals surface area contributed by atoms with Gasteiger partial charge >= 0.3 is 0 Å². The van der Waals surface area contributed by atoms with E-state index in [1.807, 2.05) is 30.3 Å². The van der Waals surface area contributed by atoms with Crippen LogP contribution in [0.25, 0.3) is 0 Å². The van der Waals surface area contributed by atoms with Crippen LogP contribution in [-0.2, 0) is 14.4 Å². The first kappa shape index (κ1) is 15.2. The smallest absolute Gasteiger partial charge is 0.271 e. The lowest BCUT2D eigenvalue weighted by molar-refractivity contribution is -0.139. The topological polar surface area (TPSA) is 82.1 Å². The first-order valence-electron chi connectivity index (χ1n) is 7.55. The number of carbonyl (C=O) groups is 3. The fraction of sp³-hybridized carbons (Fsp3) is 0.375. The monoisotopic (exact) mass is 314 g/mol. The standard InChI is InChI=1S/C16H18N4O3/c1-19-13(21)8-7-12(18-19)16(23)20-10-9-17-15(22)14(20)11-5-3-2-4-6-11/h2-6,14H,7-10H2,1H3,(H,17,22)/t14-/m1/s1. The maximum Gasteiger partial charge on any atom is 0.271 e. The summed E-state index contributed by atoms with van der Waals surface area (Å²) >= 11 is 0. The predicted octanol–water partition coefficient (Wildman–Crippen LogP) is 0.294. The van der Waals surface area contributed by atoms with E-state index in [0.29, 0.717) is 25.2 Å². The highest BCUT2D eigenvalue weighted by molar-refractivity contribution is 6.39. The Hall–Kier alpha value is -2.70. The molecule has 0 bridgehead atoms. The maximum absolute atomic E-state index is 12.8. The molecule has 3 amide bonds. The van der Waals surface area contributed by atoms with Crippen molar-refractivity contribution in [3.63, 3.8) is 0 Å². The summed E-state index contributed by atoms with van der Waals surface area (Å²) in [5.74, 6) is -0.595. The van der Waals surface area contributed by atoms with Gasteiger partial charge in [0.2, 0.25) is 11.8 Å². The molecule has 7 heteroatoms. The van der Waals surface area contributed by atoms with Crippen molar-refractivity contribution in [3.05, 3.63) is 35.9 Å². The van der Waals surface area contributed by atoms with Crippen molar-refractivity contribution in [3.8, 4) is 0 Å². The van der Waals surface area contributed by atoms with Crippen LogP contribution in [0.4, 0.5) is 0 Å². The second-order valence-electron chi connectivity index (χ2n) is 5.57.